The Bertz CT molecular complexity index is 607. The predicted molar refractivity (Wildman–Crippen MR) is 75.3 cm³/mol. The zero-order chi connectivity index (χ0) is 14.8. The second kappa shape index (κ2) is 5.80. The molecule has 1 heterocycles. The fourth-order valence-electron chi connectivity index (χ4n) is 2.09. The molecule has 0 spiro atoms. The van der Waals surface area contributed by atoms with E-state index < -0.39 is 9.84 Å². The van der Waals surface area contributed by atoms with Crippen molar-refractivity contribution in [2.24, 2.45) is 0 Å². The Kier molecular flexibility index (Phi) is 4.29. The van der Waals surface area contributed by atoms with Gasteiger partial charge >= 0.3 is 0 Å². The van der Waals surface area contributed by atoms with E-state index in [4.69, 9.17) is 10.5 Å². The van der Waals surface area contributed by atoms with E-state index in [0.717, 1.165) is 19.1 Å². The Morgan fingerprint density at radius 2 is 2.15 bits per heavy atom. The van der Waals surface area contributed by atoms with Gasteiger partial charge in [0.1, 0.15) is 0 Å². The minimum Gasteiger partial charge on any atom is -0.399 e. The van der Waals surface area contributed by atoms with Gasteiger partial charge in [0.2, 0.25) is 0 Å². The van der Waals surface area contributed by atoms with Crippen molar-refractivity contribution < 1.29 is 17.9 Å². The average molecular weight is 298 g/mol. The van der Waals surface area contributed by atoms with Gasteiger partial charge in [-0.15, -0.1) is 0 Å². The molecule has 1 saturated heterocycles. The SMILES string of the molecule is CS(=O)(=O)c1cc(N)cc(C(=O)NC2CCCOC2)c1. The number of nitrogens with two attached hydrogens (primary N) is 1. The normalized spacial score (nSPS) is 19.6. The van der Waals surface area contributed by atoms with Crippen molar-refractivity contribution in [3.8, 4) is 0 Å². The molecule has 0 saturated carbocycles. The van der Waals surface area contributed by atoms with Crippen molar-refractivity contribution in [2.75, 3.05) is 25.2 Å². The molecule has 0 aliphatic carbocycles. The molecular weight excluding hydrogens is 280 g/mol. The van der Waals surface area contributed by atoms with Crippen LogP contribution in [0.25, 0.3) is 0 Å². The molecule has 1 unspecified atom stereocenters. The molecule has 1 aliphatic heterocycles. The lowest BCUT2D eigenvalue weighted by Crippen LogP contribution is -2.40. The largest absolute Gasteiger partial charge is 0.399 e. The molecule has 7 heteroatoms. The summed E-state index contributed by atoms with van der Waals surface area (Å²) in [6.07, 6.45) is 2.84. The molecule has 3 N–H and O–H groups in total. The van der Waals surface area contributed by atoms with Crippen molar-refractivity contribution in [1.82, 2.24) is 5.32 Å². The fourth-order valence-corrected chi connectivity index (χ4v) is 2.78. The maximum atomic E-state index is 12.1. The van der Waals surface area contributed by atoms with Gasteiger partial charge in [0.05, 0.1) is 17.5 Å². The summed E-state index contributed by atoms with van der Waals surface area (Å²) in [5.41, 5.74) is 6.15. The lowest BCUT2D eigenvalue weighted by atomic mass is 10.1. The van der Waals surface area contributed by atoms with Crippen LogP contribution < -0.4 is 11.1 Å². The van der Waals surface area contributed by atoms with Gasteiger partial charge in [-0.05, 0) is 31.0 Å². The highest BCUT2D eigenvalue weighted by Crippen LogP contribution is 2.17. The first-order chi connectivity index (χ1) is 9.36. The molecule has 0 aromatic heterocycles. The summed E-state index contributed by atoms with van der Waals surface area (Å²) in [5, 5.41) is 2.83. The van der Waals surface area contributed by atoms with Gasteiger partial charge < -0.3 is 15.8 Å². The van der Waals surface area contributed by atoms with Crippen LogP contribution in [-0.4, -0.2) is 39.8 Å². The second-order valence-electron chi connectivity index (χ2n) is 4.95. The molecule has 110 valence electrons. The van der Waals surface area contributed by atoms with Gasteiger partial charge in [-0.25, -0.2) is 8.42 Å². The average Bonchev–Trinajstić information content (AvgIpc) is 2.38. The van der Waals surface area contributed by atoms with Gasteiger partial charge in [-0.2, -0.15) is 0 Å². The number of benzene rings is 1. The molecule has 0 bridgehead atoms. The number of hydrogen-bond acceptors (Lipinski definition) is 5. The van der Waals surface area contributed by atoms with E-state index in [1.807, 2.05) is 0 Å². The molecule has 1 fully saturated rings. The van der Waals surface area contributed by atoms with Crippen LogP contribution in [0.15, 0.2) is 23.1 Å². The van der Waals surface area contributed by atoms with E-state index in [2.05, 4.69) is 5.32 Å². The molecule has 1 aliphatic rings. The molecular formula is C13H18N2O4S. The highest BCUT2D eigenvalue weighted by Gasteiger charge is 2.19. The fraction of sp³-hybridized carbons (Fsp3) is 0.462. The molecule has 1 aromatic rings. The number of hydrogen-bond donors (Lipinski definition) is 2. The van der Waals surface area contributed by atoms with Crippen LogP contribution >= 0.6 is 0 Å². The maximum absolute atomic E-state index is 12.1. The Balaban J connectivity index is 2.19. The summed E-state index contributed by atoms with van der Waals surface area (Å²) in [4.78, 5) is 12.2. The number of anilines is 1. The zero-order valence-electron chi connectivity index (χ0n) is 11.3. The van der Waals surface area contributed by atoms with E-state index in [-0.39, 0.29) is 28.1 Å². The molecule has 1 atom stereocenters. The zero-order valence-corrected chi connectivity index (χ0v) is 12.1. The van der Waals surface area contributed by atoms with Gasteiger partial charge in [-0.1, -0.05) is 0 Å². The van der Waals surface area contributed by atoms with E-state index in [9.17, 15) is 13.2 Å². The second-order valence-corrected chi connectivity index (χ2v) is 6.97. The predicted octanol–water partition coefficient (Wildman–Crippen LogP) is 0.581. The number of nitrogens with one attached hydrogen (secondary N) is 1. The topological polar surface area (TPSA) is 98.5 Å². The first-order valence-corrected chi connectivity index (χ1v) is 8.24. The Labute approximate surface area is 118 Å². The molecule has 1 amide bonds. The summed E-state index contributed by atoms with van der Waals surface area (Å²) in [7, 11) is -3.40. The third-order valence-electron chi connectivity index (χ3n) is 3.11. The number of carbonyl (C=O) groups excluding carboxylic acids is 1. The molecule has 2 rings (SSSR count). The minimum absolute atomic E-state index is 0.0423. The number of ether oxygens (including phenoxy) is 1. The van der Waals surface area contributed by atoms with Gasteiger partial charge in [-0.3, -0.25) is 4.79 Å². The highest BCUT2D eigenvalue weighted by atomic mass is 32.2. The van der Waals surface area contributed by atoms with Crippen LogP contribution in [0.2, 0.25) is 0 Å². The first-order valence-electron chi connectivity index (χ1n) is 6.35. The molecule has 0 radical (unpaired) electrons. The first kappa shape index (κ1) is 14.8. The summed E-state index contributed by atoms with van der Waals surface area (Å²) in [6, 6.07) is 4.10. The minimum atomic E-state index is -3.40. The van der Waals surface area contributed by atoms with Crippen LogP contribution in [-0.2, 0) is 14.6 Å². The molecule has 20 heavy (non-hydrogen) atoms. The highest BCUT2D eigenvalue weighted by molar-refractivity contribution is 7.90. The smallest absolute Gasteiger partial charge is 0.251 e. The van der Waals surface area contributed by atoms with Crippen molar-refractivity contribution in [3.05, 3.63) is 23.8 Å². The Morgan fingerprint density at radius 3 is 2.75 bits per heavy atom. The number of sulfone groups is 1. The van der Waals surface area contributed by atoms with Crippen LogP contribution in [0.3, 0.4) is 0 Å². The molecule has 1 aromatic carbocycles. The van der Waals surface area contributed by atoms with Crippen LogP contribution in [0, 0.1) is 0 Å². The number of nitrogen functional groups attached to an aromatic ring is 1. The van der Waals surface area contributed by atoms with E-state index in [1.54, 1.807) is 0 Å². The number of carbonyl (C=O) groups is 1. The third-order valence-corrected chi connectivity index (χ3v) is 4.21. The third kappa shape index (κ3) is 3.71. The van der Waals surface area contributed by atoms with Crippen molar-refractivity contribution in [2.45, 2.75) is 23.8 Å². The quantitative estimate of drug-likeness (QED) is 0.795. The number of rotatable bonds is 3. The summed E-state index contributed by atoms with van der Waals surface area (Å²) in [6.45, 7) is 1.19. The Hall–Kier alpha value is -1.60. The van der Waals surface area contributed by atoms with E-state index in [1.165, 1.54) is 18.2 Å². The molecule has 6 nitrogen and oxygen atoms in total. The monoisotopic (exact) mass is 298 g/mol. The van der Waals surface area contributed by atoms with Gasteiger partial charge in [0, 0.05) is 24.1 Å². The van der Waals surface area contributed by atoms with Gasteiger partial charge in [0.25, 0.3) is 5.91 Å². The van der Waals surface area contributed by atoms with Crippen LogP contribution in [0.4, 0.5) is 5.69 Å². The van der Waals surface area contributed by atoms with Crippen LogP contribution in [0.1, 0.15) is 23.2 Å². The maximum Gasteiger partial charge on any atom is 0.251 e. The van der Waals surface area contributed by atoms with Crippen molar-refractivity contribution in [3.63, 3.8) is 0 Å². The lowest BCUT2D eigenvalue weighted by Gasteiger charge is -2.23. The Morgan fingerprint density at radius 1 is 1.40 bits per heavy atom. The standard InChI is InChI=1S/C13H18N2O4S/c1-20(17,18)12-6-9(5-10(14)7-12)13(16)15-11-3-2-4-19-8-11/h5-7,11H,2-4,8,14H2,1H3,(H,15,16). The number of amides is 1. The summed E-state index contributed by atoms with van der Waals surface area (Å²) >= 11 is 0. The van der Waals surface area contributed by atoms with Crippen molar-refractivity contribution in [1.29, 1.82) is 0 Å². The van der Waals surface area contributed by atoms with Crippen LogP contribution in [0.5, 0.6) is 0 Å². The van der Waals surface area contributed by atoms with Gasteiger partial charge in [0.15, 0.2) is 9.84 Å². The summed E-state index contributed by atoms with van der Waals surface area (Å²) < 4.78 is 28.4. The lowest BCUT2D eigenvalue weighted by molar-refractivity contribution is 0.0624. The summed E-state index contributed by atoms with van der Waals surface area (Å²) in [5.74, 6) is -0.335. The van der Waals surface area contributed by atoms with E-state index in [0.29, 0.717) is 13.2 Å². The van der Waals surface area contributed by atoms with E-state index >= 15 is 0 Å². The van der Waals surface area contributed by atoms with Crippen molar-refractivity contribution >= 4 is 21.4 Å².